The summed E-state index contributed by atoms with van der Waals surface area (Å²) in [4.78, 5) is 36.8. The van der Waals surface area contributed by atoms with Crippen LogP contribution in [0, 0.1) is 0 Å². The number of methoxy groups -OCH3 is 1. The number of ether oxygens (including phenoxy) is 1. The lowest BCUT2D eigenvalue weighted by Gasteiger charge is -2.15. The Morgan fingerprint density at radius 1 is 1.29 bits per heavy atom. The Bertz CT molecular complexity index is 538. The van der Waals surface area contributed by atoms with Crippen molar-refractivity contribution < 1.29 is 19.1 Å². The Morgan fingerprint density at radius 3 is 2.38 bits per heavy atom. The van der Waals surface area contributed by atoms with Gasteiger partial charge in [0.05, 0.1) is 17.7 Å². The number of nitrogens with two attached hydrogens (primary N) is 1. The third-order valence-electron chi connectivity index (χ3n) is 3.20. The molecule has 1 unspecified atom stereocenters. The number of nitrogens with zero attached hydrogens (tertiary/aromatic N) is 1. The van der Waals surface area contributed by atoms with E-state index in [1.807, 2.05) is 0 Å². The van der Waals surface area contributed by atoms with Crippen molar-refractivity contribution >= 4 is 17.7 Å². The summed E-state index contributed by atoms with van der Waals surface area (Å²) in [5, 5.41) is 2.57. The molecule has 1 aromatic carbocycles. The van der Waals surface area contributed by atoms with E-state index in [0.717, 1.165) is 4.90 Å². The number of amides is 3. The number of fused-ring (bicyclic) bond motifs is 1. The molecule has 0 saturated carbocycles. The predicted molar refractivity (Wildman–Crippen MR) is 74.7 cm³/mol. The van der Waals surface area contributed by atoms with E-state index in [0.29, 0.717) is 11.1 Å². The monoisotopic (exact) mass is 291 g/mol. The van der Waals surface area contributed by atoms with Gasteiger partial charge in [-0.3, -0.25) is 19.3 Å². The van der Waals surface area contributed by atoms with Crippen molar-refractivity contribution in [2.75, 3.05) is 26.8 Å². The second-order valence-corrected chi connectivity index (χ2v) is 4.66. The van der Waals surface area contributed by atoms with Gasteiger partial charge in [-0.25, -0.2) is 0 Å². The minimum Gasteiger partial charge on any atom is -0.383 e. The summed E-state index contributed by atoms with van der Waals surface area (Å²) in [5.41, 5.74) is 6.35. The van der Waals surface area contributed by atoms with Crippen LogP contribution in [0.1, 0.15) is 20.7 Å². The molecule has 112 valence electrons. The molecule has 0 aliphatic carbocycles. The molecule has 2 rings (SSSR count). The highest BCUT2D eigenvalue weighted by Crippen LogP contribution is 2.21. The van der Waals surface area contributed by atoms with Gasteiger partial charge in [-0.05, 0) is 12.1 Å². The molecule has 1 aliphatic heterocycles. The topological polar surface area (TPSA) is 102 Å². The number of carbonyl (C=O) groups is 3. The van der Waals surface area contributed by atoms with Crippen LogP contribution >= 0.6 is 0 Å². The van der Waals surface area contributed by atoms with Crippen molar-refractivity contribution in [3.8, 4) is 0 Å². The maximum absolute atomic E-state index is 12.1. The van der Waals surface area contributed by atoms with Gasteiger partial charge in [0.1, 0.15) is 6.04 Å². The second-order valence-electron chi connectivity index (χ2n) is 4.66. The highest BCUT2D eigenvalue weighted by molar-refractivity contribution is 6.21. The average molecular weight is 291 g/mol. The van der Waals surface area contributed by atoms with Crippen LogP contribution in [0.2, 0.25) is 0 Å². The zero-order chi connectivity index (χ0) is 15.4. The maximum atomic E-state index is 12.1. The normalized spacial score (nSPS) is 15.0. The minimum atomic E-state index is -0.767. The van der Waals surface area contributed by atoms with Crippen LogP contribution < -0.4 is 11.1 Å². The Balaban J connectivity index is 1.90. The van der Waals surface area contributed by atoms with Gasteiger partial charge in [0.2, 0.25) is 5.91 Å². The van der Waals surface area contributed by atoms with Crippen molar-refractivity contribution in [3.05, 3.63) is 35.4 Å². The molecule has 0 radical (unpaired) electrons. The van der Waals surface area contributed by atoms with E-state index in [2.05, 4.69) is 5.32 Å². The van der Waals surface area contributed by atoms with Crippen LogP contribution in [-0.4, -0.2) is 55.5 Å². The predicted octanol–water partition coefficient (Wildman–Crippen LogP) is -0.627. The van der Waals surface area contributed by atoms with Crippen LogP contribution in [0.25, 0.3) is 0 Å². The Hall–Kier alpha value is -2.25. The number of carbonyl (C=O) groups excluding carboxylic acids is 3. The van der Waals surface area contributed by atoms with Crippen LogP contribution in [0.4, 0.5) is 0 Å². The molecule has 1 aromatic rings. The molecule has 1 atom stereocenters. The van der Waals surface area contributed by atoms with E-state index < -0.39 is 6.04 Å². The van der Waals surface area contributed by atoms with Crippen molar-refractivity contribution in [3.63, 3.8) is 0 Å². The molecule has 7 nitrogen and oxygen atoms in total. The first-order chi connectivity index (χ1) is 10.1. The van der Waals surface area contributed by atoms with Gasteiger partial charge in [0, 0.05) is 20.2 Å². The quantitative estimate of drug-likeness (QED) is 0.680. The molecule has 21 heavy (non-hydrogen) atoms. The number of benzene rings is 1. The maximum Gasteiger partial charge on any atom is 0.261 e. The van der Waals surface area contributed by atoms with E-state index in [1.54, 1.807) is 24.3 Å². The van der Waals surface area contributed by atoms with Gasteiger partial charge in [0.25, 0.3) is 11.8 Å². The lowest BCUT2D eigenvalue weighted by atomic mass is 10.1. The van der Waals surface area contributed by atoms with Crippen LogP contribution in [0.15, 0.2) is 24.3 Å². The van der Waals surface area contributed by atoms with Crippen LogP contribution in [0.5, 0.6) is 0 Å². The van der Waals surface area contributed by atoms with Crippen LogP contribution in [0.3, 0.4) is 0 Å². The van der Waals surface area contributed by atoms with Gasteiger partial charge in [0.15, 0.2) is 0 Å². The third-order valence-corrected chi connectivity index (χ3v) is 3.20. The molecule has 0 aromatic heterocycles. The summed E-state index contributed by atoms with van der Waals surface area (Å²) in [5.74, 6) is -1.06. The highest BCUT2D eigenvalue weighted by atomic mass is 16.5. The molecule has 0 saturated heterocycles. The summed E-state index contributed by atoms with van der Waals surface area (Å²) in [6, 6.07) is 5.88. The van der Waals surface area contributed by atoms with Crippen molar-refractivity contribution in [1.29, 1.82) is 0 Å². The summed E-state index contributed by atoms with van der Waals surface area (Å²) < 4.78 is 4.78. The fourth-order valence-electron chi connectivity index (χ4n) is 2.12. The smallest absolute Gasteiger partial charge is 0.261 e. The number of rotatable bonds is 6. The molecule has 1 heterocycles. The number of nitrogens with one attached hydrogen (secondary N) is 1. The first-order valence-corrected chi connectivity index (χ1v) is 6.53. The van der Waals surface area contributed by atoms with Gasteiger partial charge >= 0.3 is 0 Å². The molecular formula is C14H17N3O4. The Morgan fingerprint density at radius 2 is 1.86 bits per heavy atom. The molecular weight excluding hydrogens is 274 g/mol. The molecule has 1 aliphatic rings. The number of imide groups is 1. The summed E-state index contributed by atoms with van der Waals surface area (Å²) >= 11 is 0. The average Bonchev–Trinajstić information content (AvgIpc) is 2.73. The van der Waals surface area contributed by atoms with Crippen molar-refractivity contribution in [2.24, 2.45) is 5.73 Å². The lowest BCUT2D eigenvalue weighted by molar-refractivity contribution is -0.123. The first kappa shape index (κ1) is 15.1. The molecule has 0 fully saturated rings. The zero-order valence-corrected chi connectivity index (χ0v) is 11.7. The summed E-state index contributed by atoms with van der Waals surface area (Å²) in [7, 11) is 1.45. The van der Waals surface area contributed by atoms with E-state index in [-0.39, 0.29) is 37.4 Å². The van der Waals surface area contributed by atoms with E-state index in [9.17, 15) is 14.4 Å². The largest absolute Gasteiger partial charge is 0.383 e. The number of hydrogen-bond acceptors (Lipinski definition) is 5. The first-order valence-electron chi connectivity index (χ1n) is 6.53. The van der Waals surface area contributed by atoms with E-state index >= 15 is 0 Å². The summed E-state index contributed by atoms with van der Waals surface area (Å²) in [6.45, 7) is 0.373. The van der Waals surface area contributed by atoms with Crippen molar-refractivity contribution in [1.82, 2.24) is 10.2 Å². The highest BCUT2D eigenvalue weighted by Gasteiger charge is 2.34. The lowest BCUT2D eigenvalue weighted by Crippen LogP contribution is -2.46. The molecule has 7 heteroatoms. The molecule has 0 bridgehead atoms. The van der Waals surface area contributed by atoms with Gasteiger partial charge in [-0.2, -0.15) is 0 Å². The van der Waals surface area contributed by atoms with Crippen molar-refractivity contribution in [2.45, 2.75) is 6.04 Å². The van der Waals surface area contributed by atoms with Crippen LogP contribution in [-0.2, 0) is 9.53 Å². The molecule has 3 N–H and O–H groups in total. The third kappa shape index (κ3) is 3.09. The van der Waals surface area contributed by atoms with Gasteiger partial charge in [-0.1, -0.05) is 12.1 Å². The molecule has 0 spiro atoms. The Kier molecular flexibility index (Phi) is 4.66. The fraction of sp³-hybridized carbons (Fsp3) is 0.357. The van der Waals surface area contributed by atoms with E-state index in [4.69, 9.17) is 10.5 Å². The SMILES string of the molecule is COCC(N)C(=O)NCCN1C(=O)c2ccccc2C1=O. The minimum absolute atomic E-state index is 0.109. The zero-order valence-electron chi connectivity index (χ0n) is 11.7. The second kappa shape index (κ2) is 6.47. The molecule has 3 amide bonds. The number of hydrogen-bond donors (Lipinski definition) is 2. The van der Waals surface area contributed by atoms with Gasteiger partial charge < -0.3 is 15.8 Å². The standard InChI is InChI=1S/C14H17N3O4/c1-21-8-11(15)12(18)16-6-7-17-13(19)9-4-2-3-5-10(9)14(17)20/h2-5,11H,6-8,15H2,1H3,(H,16,18). The fourth-order valence-corrected chi connectivity index (χ4v) is 2.12. The summed E-state index contributed by atoms with van der Waals surface area (Å²) in [6.07, 6.45) is 0. The Labute approximate surface area is 122 Å². The van der Waals surface area contributed by atoms with Gasteiger partial charge in [-0.15, -0.1) is 0 Å². The van der Waals surface area contributed by atoms with E-state index in [1.165, 1.54) is 7.11 Å².